The molecule has 0 bridgehead atoms. The van der Waals surface area contributed by atoms with E-state index in [1.807, 2.05) is 0 Å². The minimum atomic E-state index is -4.42. The first kappa shape index (κ1) is 13.3. The highest BCUT2D eigenvalue weighted by Gasteiger charge is 2.30. The summed E-state index contributed by atoms with van der Waals surface area (Å²) in [5.74, 6) is 0.273. The second kappa shape index (κ2) is 4.44. The van der Waals surface area contributed by atoms with Gasteiger partial charge < -0.3 is 5.73 Å². The summed E-state index contributed by atoms with van der Waals surface area (Å²) < 4.78 is 38.2. The van der Waals surface area contributed by atoms with Gasteiger partial charge in [0.1, 0.15) is 11.5 Å². The SMILES string of the molecule is Cc1nc2ccc(C(F)(F)F)cc2nc1-c1cc(N)n[nH]1. The Bertz CT molecular complexity index is 822. The summed E-state index contributed by atoms with van der Waals surface area (Å²) in [6.45, 7) is 1.72. The summed E-state index contributed by atoms with van der Waals surface area (Å²) in [6, 6.07) is 4.83. The van der Waals surface area contributed by atoms with E-state index in [9.17, 15) is 13.2 Å². The molecule has 0 saturated carbocycles. The van der Waals surface area contributed by atoms with Crippen LogP contribution in [0.4, 0.5) is 19.0 Å². The first-order valence-electron chi connectivity index (χ1n) is 6.01. The lowest BCUT2D eigenvalue weighted by molar-refractivity contribution is -0.137. The highest BCUT2D eigenvalue weighted by molar-refractivity contribution is 5.78. The summed E-state index contributed by atoms with van der Waals surface area (Å²) in [7, 11) is 0. The van der Waals surface area contributed by atoms with Crippen molar-refractivity contribution < 1.29 is 13.2 Å². The van der Waals surface area contributed by atoms with Crippen molar-refractivity contribution >= 4 is 16.9 Å². The third-order valence-electron chi connectivity index (χ3n) is 3.02. The van der Waals surface area contributed by atoms with Gasteiger partial charge in [-0.1, -0.05) is 0 Å². The van der Waals surface area contributed by atoms with Crippen molar-refractivity contribution in [2.75, 3.05) is 5.73 Å². The van der Waals surface area contributed by atoms with Crippen molar-refractivity contribution in [3.05, 3.63) is 35.5 Å². The number of nitrogens with zero attached hydrogens (tertiary/aromatic N) is 3. The maximum atomic E-state index is 12.7. The number of aryl methyl sites for hydroxylation is 1. The number of fused-ring (bicyclic) bond motifs is 1. The summed E-state index contributed by atoms with van der Waals surface area (Å²) in [5.41, 5.74) is 6.83. The number of anilines is 1. The van der Waals surface area contributed by atoms with Crippen LogP contribution >= 0.6 is 0 Å². The molecule has 0 radical (unpaired) electrons. The molecule has 0 fully saturated rings. The number of H-pyrrole nitrogens is 1. The van der Waals surface area contributed by atoms with Gasteiger partial charge in [0.25, 0.3) is 0 Å². The molecule has 2 heterocycles. The number of aromatic amines is 1. The molecule has 2 aromatic heterocycles. The van der Waals surface area contributed by atoms with Gasteiger partial charge >= 0.3 is 6.18 Å². The van der Waals surface area contributed by atoms with Gasteiger partial charge in [0.2, 0.25) is 0 Å². The standard InChI is InChI=1S/C13H10F3N5/c1-6-12(10-5-11(17)21-20-10)19-9-4-7(13(14,15)16)2-3-8(9)18-6/h2-5H,1H3,(H3,17,20,21). The van der Waals surface area contributed by atoms with Gasteiger partial charge in [0.15, 0.2) is 0 Å². The highest BCUT2D eigenvalue weighted by atomic mass is 19.4. The van der Waals surface area contributed by atoms with Crippen LogP contribution in [0.25, 0.3) is 22.4 Å². The largest absolute Gasteiger partial charge is 0.416 e. The van der Waals surface area contributed by atoms with Gasteiger partial charge in [0.05, 0.1) is 28.0 Å². The molecule has 0 aliphatic carbocycles. The number of hydrogen-bond donors (Lipinski definition) is 2. The molecule has 3 aromatic rings. The van der Waals surface area contributed by atoms with Crippen LogP contribution in [-0.2, 0) is 6.18 Å². The topological polar surface area (TPSA) is 80.5 Å². The molecule has 0 atom stereocenters. The predicted octanol–water partition coefficient (Wildman–Crippen LogP) is 2.93. The number of benzene rings is 1. The van der Waals surface area contributed by atoms with Crippen LogP contribution < -0.4 is 5.73 Å². The Morgan fingerprint density at radius 2 is 1.86 bits per heavy atom. The number of nitrogen functional groups attached to an aromatic ring is 1. The van der Waals surface area contributed by atoms with Crippen LogP contribution in [0, 0.1) is 6.92 Å². The molecule has 21 heavy (non-hydrogen) atoms. The summed E-state index contributed by atoms with van der Waals surface area (Å²) in [5, 5.41) is 6.45. The second-order valence-corrected chi connectivity index (χ2v) is 4.57. The van der Waals surface area contributed by atoms with Crippen molar-refractivity contribution in [1.82, 2.24) is 20.2 Å². The Morgan fingerprint density at radius 3 is 2.48 bits per heavy atom. The number of hydrogen-bond acceptors (Lipinski definition) is 4. The Kier molecular flexibility index (Phi) is 2.82. The van der Waals surface area contributed by atoms with Crippen LogP contribution in [0.2, 0.25) is 0 Å². The molecule has 3 N–H and O–H groups in total. The lowest BCUT2D eigenvalue weighted by Gasteiger charge is -2.09. The van der Waals surface area contributed by atoms with E-state index < -0.39 is 11.7 Å². The summed E-state index contributed by atoms with van der Waals surface area (Å²) in [6.07, 6.45) is -4.42. The minimum Gasteiger partial charge on any atom is -0.382 e. The molecule has 5 nitrogen and oxygen atoms in total. The van der Waals surface area contributed by atoms with Crippen molar-refractivity contribution in [1.29, 1.82) is 0 Å². The molecule has 0 unspecified atom stereocenters. The van der Waals surface area contributed by atoms with E-state index in [4.69, 9.17) is 5.73 Å². The first-order valence-corrected chi connectivity index (χ1v) is 6.01. The Labute approximate surface area is 117 Å². The van der Waals surface area contributed by atoms with Crippen molar-refractivity contribution in [3.63, 3.8) is 0 Å². The maximum Gasteiger partial charge on any atom is 0.416 e. The van der Waals surface area contributed by atoms with Gasteiger partial charge in [-0.15, -0.1) is 0 Å². The third-order valence-corrected chi connectivity index (χ3v) is 3.02. The molecule has 108 valence electrons. The van der Waals surface area contributed by atoms with Gasteiger partial charge in [-0.2, -0.15) is 18.3 Å². The Morgan fingerprint density at radius 1 is 1.10 bits per heavy atom. The number of nitrogens with two attached hydrogens (primary N) is 1. The lowest BCUT2D eigenvalue weighted by atomic mass is 10.1. The Balaban J connectivity index is 2.21. The number of rotatable bonds is 1. The van der Waals surface area contributed by atoms with E-state index in [1.54, 1.807) is 13.0 Å². The number of halogens is 3. The van der Waals surface area contributed by atoms with Crippen LogP contribution in [0.3, 0.4) is 0 Å². The van der Waals surface area contributed by atoms with Crippen LogP contribution in [0.5, 0.6) is 0 Å². The van der Waals surface area contributed by atoms with E-state index >= 15 is 0 Å². The molecule has 0 saturated heterocycles. The Hall–Kier alpha value is -2.64. The first-order chi connectivity index (χ1) is 9.84. The fraction of sp³-hybridized carbons (Fsp3) is 0.154. The molecule has 0 spiro atoms. The summed E-state index contributed by atoms with van der Waals surface area (Å²) in [4.78, 5) is 8.51. The van der Waals surface area contributed by atoms with Gasteiger partial charge in [-0.3, -0.25) is 5.10 Å². The zero-order valence-corrected chi connectivity index (χ0v) is 10.9. The second-order valence-electron chi connectivity index (χ2n) is 4.57. The third kappa shape index (κ3) is 2.39. The zero-order valence-electron chi connectivity index (χ0n) is 10.9. The highest BCUT2D eigenvalue weighted by Crippen LogP contribution is 2.31. The van der Waals surface area contributed by atoms with Gasteiger partial charge in [0, 0.05) is 6.07 Å². The fourth-order valence-corrected chi connectivity index (χ4v) is 2.03. The van der Waals surface area contributed by atoms with E-state index in [-0.39, 0.29) is 11.3 Å². The molecule has 1 aromatic carbocycles. The average Bonchev–Trinajstić information content (AvgIpc) is 2.82. The molecular weight excluding hydrogens is 283 g/mol. The van der Waals surface area contributed by atoms with Crippen LogP contribution in [0.1, 0.15) is 11.3 Å². The maximum absolute atomic E-state index is 12.7. The smallest absolute Gasteiger partial charge is 0.382 e. The van der Waals surface area contributed by atoms with E-state index in [0.29, 0.717) is 22.6 Å². The lowest BCUT2D eigenvalue weighted by Crippen LogP contribution is -2.05. The quantitative estimate of drug-likeness (QED) is 0.723. The molecule has 3 rings (SSSR count). The van der Waals surface area contributed by atoms with E-state index in [1.165, 1.54) is 6.07 Å². The van der Waals surface area contributed by atoms with E-state index in [0.717, 1.165) is 12.1 Å². The number of nitrogens with one attached hydrogen (secondary N) is 1. The van der Waals surface area contributed by atoms with E-state index in [2.05, 4.69) is 20.2 Å². The van der Waals surface area contributed by atoms with Crippen molar-refractivity contribution in [3.8, 4) is 11.4 Å². The van der Waals surface area contributed by atoms with Crippen molar-refractivity contribution in [2.45, 2.75) is 13.1 Å². The molecular formula is C13H10F3N5. The molecule has 0 aliphatic rings. The van der Waals surface area contributed by atoms with Crippen molar-refractivity contribution in [2.24, 2.45) is 0 Å². The molecule has 8 heteroatoms. The number of aromatic nitrogens is 4. The zero-order chi connectivity index (χ0) is 15.2. The molecule has 0 amide bonds. The van der Waals surface area contributed by atoms with Gasteiger partial charge in [-0.05, 0) is 25.1 Å². The number of alkyl halides is 3. The summed E-state index contributed by atoms with van der Waals surface area (Å²) >= 11 is 0. The van der Waals surface area contributed by atoms with Crippen LogP contribution in [-0.4, -0.2) is 20.2 Å². The van der Waals surface area contributed by atoms with Gasteiger partial charge in [-0.25, -0.2) is 9.97 Å². The molecule has 0 aliphatic heterocycles. The van der Waals surface area contributed by atoms with Crippen LogP contribution in [0.15, 0.2) is 24.3 Å². The fourth-order valence-electron chi connectivity index (χ4n) is 2.03. The predicted molar refractivity (Wildman–Crippen MR) is 71.3 cm³/mol. The normalized spacial score (nSPS) is 12.0. The average molecular weight is 293 g/mol. The monoisotopic (exact) mass is 293 g/mol. The minimum absolute atomic E-state index is 0.165.